The zero-order valence-corrected chi connectivity index (χ0v) is 16.0. The molecule has 0 radical (unpaired) electrons. The Balaban J connectivity index is 1.99. The summed E-state index contributed by atoms with van der Waals surface area (Å²) in [6, 6.07) is 10.2. The molecule has 0 amide bonds. The number of nitrogens with two attached hydrogens (primary N) is 1. The number of hydrogen-bond donors (Lipinski definition) is 3. The van der Waals surface area contributed by atoms with Gasteiger partial charge in [-0.15, -0.1) is 0 Å². The molecule has 8 heteroatoms. The van der Waals surface area contributed by atoms with Crippen LogP contribution in [0.2, 0.25) is 5.28 Å². The number of benzene rings is 1. The second-order valence-corrected chi connectivity index (χ2v) is 6.95. The van der Waals surface area contributed by atoms with Gasteiger partial charge in [-0.05, 0) is 37.9 Å². The van der Waals surface area contributed by atoms with Crippen molar-refractivity contribution in [2.45, 2.75) is 39.4 Å². The molecule has 1 aromatic carbocycles. The standard InChI is InChI=1S/C18H24ClN7/c1-11(2)26-16-14(23-17(26)19)15(21-10-13-7-5-4-6-8-13)24-18(25-16)22-9-12(3)20/h4-8,11-12H,9-10,20H2,1-3H3,(H2,21,22,24,25). The lowest BCUT2D eigenvalue weighted by molar-refractivity contribution is 0.613. The molecular weight excluding hydrogens is 350 g/mol. The zero-order valence-electron chi connectivity index (χ0n) is 15.2. The van der Waals surface area contributed by atoms with Crippen molar-refractivity contribution in [2.75, 3.05) is 17.2 Å². The summed E-state index contributed by atoms with van der Waals surface area (Å²) >= 11 is 6.35. The second-order valence-electron chi connectivity index (χ2n) is 6.61. The molecule has 0 aliphatic heterocycles. The molecule has 3 rings (SSSR count). The van der Waals surface area contributed by atoms with Crippen molar-refractivity contribution in [3.63, 3.8) is 0 Å². The highest BCUT2D eigenvalue weighted by Crippen LogP contribution is 2.28. The molecule has 26 heavy (non-hydrogen) atoms. The molecule has 0 saturated heterocycles. The normalized spacial score (nSPS) is 12.5. The molecule has 4 N–H and O–H groups in total. The quantitative estimate of drug-likeness (QED) is 0.549. The number of fused-ring (bicyclic) bond motifs is 1. The molecule has 0 bridgehead atoms. The average Bonchev–Trinajstić information content (AvgIpc) is 2.94. The topological polar surface area (TPSA) is 93.7 Å². The minimum absolute atomic E-state index is 0.00591. The number of aromatic nitrogens is 4. The fourth-order valence-corrected chi connectivity index (χ4v) is 3.00. The van der Waals surface area contributed by atoms with Gasteiger partial charge in [-0.1, -0.05) is 30.3 Å². The molecule has 0 saturated carbocycles. The predicted octanol–water partition coefficient (Wildman–Crippen LogP) is 3.43. The molecule has 1 unspecified atom stereocenters. The zero-order chi connectivity index (χ0) is 18.7. The number of hydrogen-bond acceptors (Lipinski definition) is 6. The SMILES string of the molecule is CC(N)CNc1nc(NCc2ccccc2)c2nc(Cl)n(C(C)C)c2n1. The molecule has 0 spiro atoms. The van der Waals surface area contributed by atoms with E-state index in [4.69, 9.17) is 17.3 Å². The highest BCUT2D eigenvalue weighted by atomic mass is 35.5. The lowest BCUT2D eigenvalue weighted by Gasteiger charge is -2.13. The van der Waals surface area contributed by atoms with Crippen LogP contribution in [0.1, 0.15) is 32.4 Å². The summed E-state index contributed by atoms with van der Waals surface area (Å²) in [5, 5.41) is 6.93. The van der Waals surface area contributed by atoms with Crippen LogP contribution in [0.5, 0.6) is 0 Å². The van der Waals surface area contributed by atoms with Crippen LogP contribution in [-0.4, -0.2) is 32.1 Å². The average molecular weight is 374 g/mol. The number of nitrogens with one attached hydrogen (secondary N) is 2. The maximum absolute atomic E-state index is 6.35. The third kappa shape index (κ3) is 4.05. The molecule has 1 atom stereocenters. The molecule has 3 aromatic rings. The van der Waals surface area contributed by atoms with Crippen molar-refractivity contribution in [1.82, 2.24) is 19.5 Å². The van der Waals surface area contributed by atoms with E-state index in [-0.39, 0.29) is 12.1 Å². The van der Waals surface area contributed by atoms with E-state index in [9.17, 15) is 0 Å². The van der Waals surface area contributed by atoms with Crippen molar-refractivity contribution in [2.24, 2.45) is 5.73 Å². The maximum Gasteiger partial charge on any atom is 0.226 e. The van der Waals surface area contributed by atoms with E-state index in [1.54, 1.807) is 0 Å². The summed E-state index contributed by atoms with van der Waals surface area (Å²) in [4.78, 5) is 13.7. The van der Waals surface area contributed by atoms with Crippen molar-refractivity contribution in [1.29, 1.82) is 0 Å². The summed E-state index contributed by atoms with van der Waals surface area (Å²) < 4.78 is 1.89. The van der Waals surface area contributed by atoms with Crippen LogP contribution >= 0.6 is 11.6 Å². The van der Waals surface area contributed by atoms with E-state index in [1.165, 1.54) is 0 Å². The molecule has 0 aliphatic rings. The number of imidazole rings is 1. The van der Waals surface area contributed by atoms with Crippen molar-refractivity contribution >= 4 is 34.5 Å². The fourth-order valence-electron chi connectivity index (χ4n) is 2.64. The first-order valence-electron chi connectivity index (χ1n) is 8.68. The summed E-state index contributed by atoms with van der Waals surface area (Å²) in [6.07, 6.45) is 0. The highest BCUT2D eigenvalue weighted by Gasteiger charge is 2.18. The molecule has 2 heterocycles. The Morgan fingerprint density at radius 1 is 1.08 bits per heavy atom. The molecule has 0 fully saturated rings. The van der Waals surface area contributed by atoms with E-state index in [0.717, 1.165) is 5.56 Å². The Labute approximate surface area is 158 Å². The number of anilines is 2. The highest BCUT2D eigenvalue weighted by molar-refractivity contribution is 6.29. The van der Waals surface area contributed by atoms with Gasteiger partial charge in [0, 0.05) is 25.2 Å². The Bertz CT molecular complexity index is 874. The van der Waals surface area contributed by atoms with Crippen molar-refractivity contribution in [3.8, 4) is 0 Å². The lowest BCUT2D eigenvalue weighted by Crippen LogP contribution is -2.26. The summed E-state index contributed by atoms with van der Waals surface area (Å²) in [6.45, 7) is 7.22. The van der Waals surface area contributed by atoms with Gasteiger partial charge in [0.05, 0.1) is 0 Å². The van der Waals surface area contributed by atoms with Gasteiger partial charge in [-0.25, -0.2) is 4.98 Å². The van der Waals surface area contributed by atoms with Gasteiger partial charge in [0.15, 0.2) is 17.0 Å². The van der Waals surface area contributed by atoms with Gasteiger partial charge < -0.3 is 16.4 Å². The maximum atomic E-state index is 6.35. The molecule has 0 aliphatic carbocycles. The Kier molecular flexibility index (Phi) is 5.58. The number of nitrogens with zero attached hydrogens (tertiary/aromatic N) is 4. The lowest BCUT2D eigenvalue weighted by atomic mass is 10.2. The smallest absolute Gasteiger partial charge is 0.226 e. The van der Waals surface area contributed by atoms with Gasteiger partial charge in [0.25, 0.3) is 0 Å². The van der Waals surface area contributed by atoms with Crippen LogP contribution in [0.4, 0.5) is 11.8 Å². The monoisotopic (exact) mass is 373 g/mol. The van der Waals surface area contributed by atoms with E-state index in [1.807, 2.05) is 43.5 Å². The van der Waals surface area contributed by atoms with Gasteiger partial charge in [-0.3, -0.25) is 4.57 Å². The summed E-state index contributed by atoms with van der Waals surface area (Å²) in [7, 11) is 0. The van der Waals surface area contributed by atoms with E-state index in [0.29, 0.717) is 41.3 Å². The van der Waals surface area contributed by atoms with Gasteiger partial charge in [0.1, 0.15) is 0 Å². The number of halogens is 1. The second kappa shape index (κ2) is 7.88. The van der Waals surface area contributed by atoms with Crippen LogP contribution in [0.3, 0.4) is 0 Å². The first-order valence-corrected chi connectivity index (χ1v) is 9.06. The van der Waals surface area contributed by atoms with Gasteiger partial charge in [-0.2, -0.15) is 9.97 Å². The van der Waals surface area contributed by atoms with Crippen LogP contribution < -0.4 is 16.4 Å². The largest absolute Gasteiger partial charge is 0.364 e. The summed E-state index contributed by atoms with van der Waals surface area (Å²) in [5.74, 6) is 1.15. The first kappa shape index (κ1) is 18.4. The van der Waals surface area contributed by atoms with Crippen molar-refractivity contribution in [3.05, 3.63) is 41.2 Å². The van der Waals surface area contributed by atoms with Crippen LogP contribution in [0, 0.1) is 0 Å². The van der Waals surface area contributed by atoms with Crippen LogP contribution in [0.15, 0.2) is 30.3 Å². The molecule has 138 valence electrons. The van der Waals surface area contributed by atoms with E-state index < -0.39 is 0 Å². The molecular formula is C18H24ClN7. The molecule has 2 aromatic heterocycles. The Morgan fingerprint density at radius 3 is 2.46 bits per heavy atom. The third-order valence-electron chi connectivity index (χ3n) is 3.90. The number of rotatable bonds is 7. The minimum atomic E-state index is -0.00591. The van der Waals surface area contributed by atoms with Gasteiger partial charge >= 0.3 is 0 Å². The van der Waals surface area contributed by atoms with Gasteiger partial charge in [0.2, 0.25) is 11.2 Å². The van der Waals surface area contributed by atoms with Crippen LogP contribution in [-0.2, 0) is 6.54 Å². The first-order chi connectivity index (χ1) is 12.5. The summed E-state index contributed by atoms with van der Waals surface area (Å²) in [5.41, 5.74) is 8.34. The minimum Gasteiger partial charge on any atom is -0.364 e. The Hall–Kier alpha value is -2.38. The Morgan fingerprint density at radius 2 is 1.81 bits per heavy atom. The third-order valence-corrected chi connectivity index (χ3v) is 4.16. The predicted molar refractivity (Wildman–Crippen MR) is 107 cm³/mol. The molecule has 7 nitrogen and oxygen atoms in total. The van der Waals surface area contributed by atoms with Crippen molar-refractivity contribution < 1.29 is 0 Å². The van der Waals surface area contributed by atoms with E-state index in [2.05, 4.69) is 37.7 Å². The van der Waals surface area contributed by atoms with E-state index >= 15 is 0 Å². The fraction of sp³-hybridized carbons (Fsp3) is 0.389. The van der Waals surface area contributed by atoms with Crippen LogP contribution in [0.25, 0.3) is 11.2 Å².